The molecule has 3 aromatic rings. The van der Waals surface area contributed by atoms with E-state index in [1.807, 2.05) is 11.3 Å². The van der Waals surface area contributed by atoms with Gasteiger partial charge in [0.15, 0.2) is 0 Å². The van der Waals surface area contributed by atoms with Crippen molar-refractivity contribution in [2.24, 2.45) is 7.05 Å². The number of nitrogens with zero attached hydrogens (tertiary/aromatic N) is 2. The lowest BCUT2D eigenvalue weighted by Crippen LogP contribution is -3.00. The van der Waals surface area contributed by atoms with Crippen LogP contribution in [0.4, 0.5) is 5.69 Å². The fraction of sp³-hybridized carbons (Fsp3) is 0.211. The predicted molar refractivity (Wildman–Crippen MR) is 97.3 cm³/mol. The zero-order valence-corrected chi connectivity index (χ0v) is 16.9. The summed E-state index contributed by atoms with van der Waals surface area (Å²) in [6, 6.07) is 17.2. The molecular formula is C19H21IN2S. The minimum absolute atomic E-state index is 0. The van der Waals surface area contributed by atoms with Gasteiger partial charge in [0.05, 0.1) is 0 Å². The summed E-state index contributed by atoms with van der Waals surface area (Å²) in [6.45, 7) is 2.19. The van der Waals surface area contributed by atoms with Crippen LogP contribution in [0.5, 0.6) is 0 Å². The van der Waals surface area contributed by atoms with Crippen molar-refractivity contribution in [2.75, 3.05) is 19.0 Å². The Morgan fingerprint density at radius 1 is 1.04 bits per heavy atom. The summed E-state index contributed by atoms with van der Waals surface area (Å²) < 4.78 is 3.61. The molecular weight excluding hydrogens is 415 g/mol. The second-order valence-electron chi connectivity index (χ2n) is 5.75. The number of aromatic nitrogens is 1. The molecule has 3 rings (SSSR count). The molecule has 0 bridgehead atoms. The molecule has 0 saturated carbocycles. The number of aryl methyl sites for hydroxylation is 1. The minimum atomic E-state index is 0. The maximum absolute atomic E-state index is 2.28. The van der Waals surface area contributed by atoms with Gasteiger partial charge in [0.2, 0.25) is 5.52 Å². The number of benzene rings is 2. The lowest BCUT2D eigenvalue weighted by Gasteiger charge is -2.11. The minimum Gasteiger partial charge on any atom is -1.00 e. The fourth-order valence-electron chi connectivity index (χ4n) is 2.63. The van der Waals surface area contributed by atoms with Gasteiger partial charge in [-0.3, -0.25) is 0 Å². The van der Waals surface area contributed by atoms with E-state index >= 15 is 0 Å². The van der Waals surface area contributed by atoms with Gasteiger partial charge in [-0.15, -0.1) is 0 Å². The molecule has 0 aliphatic rings. The SMILES string of the molecule is C/C(=C\c1ccc(N(C)C)cc1)c1sc2ccccc2[n+]1C.[I-]. The Morgan fingerprint density at radius 2 is 1.70 bits per heavy atom. The Morgan fingerprint density at radius 3 is 2.30 bits per heavy atom. The van der Waals surface area contributed by atoms with Crippen LogP contribution in [-0.4, -0.2) is 14.1 Å². The molecule has 0 fully saturated rings. The molecule has 0 spiro atoms. The molecule has 0 amide bonds. The number of fused-ring (bicyclic) bond motifs is 1. The van der Waals surface area contributed by atoms with Crippen molar-refractivity contribution in [2.45, 2.75) is 6.92 Å². The smallest absolute Gasteiger partial charge is 0.265 e. The summed E-state index contributed by atoms with van der Waals surface area (Å²) in [5.74, 6) is 0. The van der Waals surface area contributed by atoms with E-state index in [4.69, 9.17) is 0 Å². The second kappa shape index (κ2) is 7.45. The molecule has 2 aromatic carbocycles. The maximum atomic E-state index is 2.28. The first-order valence-electron chi connectivity index (χ1n) is 7.40. The van der Waals surface area contributed by atoms with E-state index in [9.17, 15) is 0 Å². The van der Waals surface area contributed by atoms with Crippen LogP contribution >= 0.6 is 11.3 Å². The molecule has 1 aromatic heterocycles. The molecule has 0 aliphatic carbocycles. The monoisotopic (exact) mass is 436 g/mol. The van der Waals surface area contributed by atoms with Crippen LogP contribution < -0.4 is 33.4 Å². The summed E-state index contributed by atoms with van der Waals surface area (Å²) in [5.41, 5.74) is 5.04. The van der Waals surface area contributed by atoms with Gasteiger partial charge in [0.25, 0.3) is 5.01 Å². The van der Waals surface area contributed by atoms with Crippen LogP contribution in [0.25, 0.3) is 21.9 Å². The molecule has 0 unspecified atom stereocenters. The first-order chi connectivity index (χ1) is 10.6. The van der Waals surface area contributed by atoms with E-state index in [0.29, 0.717) is 0 Å². The fourth-order valence-corrected chi connectivity index (χ4v) is 3.75. The molecule has 0 N–H and O–H groups in total. The number of para-hydroxylation sites is 1. The van der Waals surface area contributed by atoms with Crippen molar-refractivity contribution in [1.29, 1.82) is 0 Å². The maximum Gasteiger partial charge on any atom is 0.265 e. The van der Waals surface area contributed by atoms with Gasteiger partial charge >= 0.3 is 0 Å². The average molecular weight is 436 g/mol. The van der Waals surface area contributed by atoms with Crippen LogP contribution in [0.1, 0.15) is 17.5 Å². The standard InChI is InChI=1S/C19H21N2S.HI/c1-14(13-15-9-11-16(12-10-15)20(2)3)19-21(4)17-7-5-6-8-18(17)22-19;/h5-13H,1-4H3;1H/q+1;/p-1. The Labute approximate surface area is 159 Å². The predicted octanol–water partition coefficient (Wildman–Crippen LogP) is 1.36. The summed E-state index contributed by atoms with van der Waals surface area (Å²) >= 11 is 1.85. The molecule has 0 aliphatic heterocycles. The third-order valence-electron chi connectivity index (χ3n) is 3.87. The third-order valence-corrected chi connectivity index (χ3v) is 5.22. The Bertz CT molecular complexity index is 832. The molecule has 120 valence electrons. The van der Waals surface area contributed by atoms with Crippen LogP contribution in [0, 0.1) is 0 Å². The van der Waals surface area contributed by atoms with Crippen LogP contribution in [-0.2, 0) is 7.05 Å². The summed E-state index contributed by atoms with van der Waals surface area (Å²) in [4.78, 5) is 2.12. The van der Waals surface area contributed by atoms with Crippen molar-refractivity contribution in [3.05, 3.63) is 59.1 Å². The van der Waals surface area contributed by atoms with E-state index in [1.165, 1.54) is 32.0 Å². The van der Waals surface area contributed by atoms with Crippen molar-refractivity contribution in [1.82, 2.24) is 0 Å². The normalized spacial score (nSPS) is 11.4. The highest BCUT2D eigenvalue weighted by Crippen LogP contribution is 2.26. The molecule has 0 saturated heterocycles. The summed E-state index contributed by atoms with van der Waals surface area (Å²) in [7, 11) is 6.27. The van der Waals surface area contributed by atoms with E-state index in [-0.39, 0.29) is 24.0 Å². The highest BCUT2D eigenvalue weighted by molar-refractivity contribution is 7.19. The highest BCUT2D eigenvalue weighted by Gasteiger charge is 2.17. The first kappa shape index (κ1) is 17.9. The summed E-state index contributed by atoms with van der Waals surface area (Å²) in [5, 5.41) is 1.30. The van der Waals surface area contributed by atoms with E-state index in [0.717, 1.165) is 0 Å². The van der Waals surface area contributed by atoms with Gasteiger partial charge in [-0.1, -0.05) is 35.6 Å². The number of anilines is 1. The number of halogens is 1. The van der Waals surface area contributed by atoms with Gasteiger partial charge in [-0.2, -0.15) is 4.57 Å². The van der Waals surface area contributed by atoms with E-state index < -0.39 is 0 Å². The molecule has 0 atom stereocenters. The number of hydrogen-bond acceptors (Lipinski definition) is 2. The second-order valence-corrected chi connectivity index (χ2v) is 6.78. The van der Waals surface area contributed by atoms with Gasteiger partial charge in [0.1, 0.15) is 11.7 Å². The lowest BCUT2D eigenvalue weighted by atomic mass is 10.1. The number of hydrogen-bond donors (Lipinski definition) is 0. The third kappa shape index (κ3) is 3.75. The van der Waals surface area contributed by atoms with Gasteiger partial charge < -0.3 is 28.9 Å². The lowest BCUT2D eigenvalue weighted by molar-refractivity contribution is -0.642. The van der Waals surface area contributed by atoms with Crippen LogP contribution in [0.3, 0.4) is 0 Å². The Balaban J connectivity index is 0.00000192. The Hall–Kier alpha value is -1.40. The quantitative estimate of drug-likeness (QED) is 0.445. The van der Waals surface area contributed by atoms with Crippen LogP contribution in [0.2, 0.25) is 0 Å². The molecule has 4 heteroatoms. The first-order valence-corrected chi connectivity index (χ1v) is 8.21. The van der Waals surface area contributed by atoms with E-state index in [2.05, 4.69) is 92.1 Å². The van der Waals surface area contributed by atoms with Crippen molar-refractivity contribution in [3.8, 4) is 0 Å². The Kier molecular flexibility index (Phi) is 5.81. The van der Waals surface area contributed by atoms with Crippen molar-refractivity contribution >= 4 is 38.9 Å². The number of rotatable bonds is 3. The van der Waals surface area contributed by atoms with Crippen molar-refractivity contribution < 1.29 is 28.5 Å². The summed E-state index contributed by atoms with van der Waals surface area (Å²) in [6.07, 6.45) is 2.25. The van der Waals surface area contributed by atoms with Crippen LogP contribution in [0.15, 0.2) is 48.5 Å². The van der Waals surface area contributed by atoms with E-state index in [1.54, 1.807) is 0 Å². The molecule has 2 nitrogen and oxygen atoms in total. The number of allylic oxidation sites excluding steroid dienone is 1. The average Bonchev–Trinajstić information content (AvgIpc) is 2.85. The molecule has 23 heavy (non-hydrogen) atoms. The van der Waals surface area contributed by atoms with Gasteiger partial charge in [-0.05, 0) is 36.8 Å². The molecule has 0 radical (unpaired) electrons. The highest BCUT2D eigenvalue weighted by atomic mass is 127. The largest absolute Gasteiger partial charge is 1.00 e. The number of thiazole rings is 1. The molecule has 1 heterocycles. The van der Waals surface area contributed by atoms with Crippen molar-refractivity contribution in [3.63, 3.8) is 0 Å². The zero-order chi connectivity index (χ0) is 15.7. The van der Waals surface area contributed by atoms with Gasteiger partial charge in [-0.25, -0.2) is 0 Å². The topological polar surface area (TPSA) is 7.12 Å². The van der Waals surface area contributed by atoms with Gasteiger partial charge in [0, 0.05) is 31.4 Å². The zero-order valence-electron chi connectivity index (χ0n) is 13.9.